The lowest BCUT2D eigenvalue weighted by Crippen LogP contribution is -2.46. The Hall–Kier alpha value is -0.860. The predicted octanol–water partition coefficient (Wildman–Crippen LogP) is 0.548. The lowest BCUT2D eigenvalue weighted by molar-refractivity contribution is -0.119. The van der Waals surface area contributed by atoms with Crippen LogP contribution in [-0.2, 0) is 4.79 Å². The molecule has 8 heteroatoms. The Morgan fingerprint density at radius 2 is 2.17 bits per heavy atom. The van der Waals surface area contributed by atoms with Crippen molar-refractivity contribution in [3.8, 4) is 0 Å². The smallest absolute Gasteiger partial charge is 0.235 e. The first-order valence-corrected chi connectivity index (χ1v) is 7.39. The number of nitrogens with one attached hydrogen (secondary N) is 1. The van der Waals surface area contributed by atoms with Crippen molar-refractivity contribution >= 4 is 34.1 Å². The van der Waals surface area contributed by atoms with Gasteiger partial charge in [0, 0.05) is 25.9 Å². The molecule has 1 atom stereocenters. The summed E-state index contributed by atoms with van der Waals surface area (Å²) in [6, 6.07) is -0.128. The summed E-state index contributed by atoms with van der Waals surface area (Å²) in [7, 11) is 3.84. The Morgan fingerprint density at radius 1 is 1.50 bits per heavy atom. The van der Waals surface area contributed by atoms with E-state index in [-0.39, 0.29) is 18.0 Å². The molecule has 0 saturated carbocycles. The Bertz CT molecular complexity index is 393. The molecule has 0 saturated heterocycles. The SMILES string of the molecule is CC(C)NC(CSc1nnc(N(C)C)s1)C(N)=O. The standard InChI is InChI=1S/C10H19N5OS2/c1-6(2)12-7(8(11)16)5-17-10-14-13-9(18-10)15(3)4/h6-7,12H,5H2,1-4H3,(H2,11,16). The minimum atomic E-state index is -0.346. The number of carbonyl (C=O) groups excluding carboxylic acids is 1. The van der Waals surface area contributed by atoms with Gasteiger partial charge in [-0.2, -0.15) is 0 Å². The monoisotopic (exact) mass is 289 g/mol. The summed E-state index contributed by atoms with van der Waals surface area (Å²) in [5.74, 6) is 0.226. The van der Waals surface area contributed by atoms with Crippen LogP contribution in [0.25, 0.3) is 0 Å². The molecule has 0 spiro atoms. The number of hydrogen-bond acceptors (Lipinski definition) is 7. The second-order valence-electron chi connectivity index (χ2n) is 4.33. The first-order valence-electron chi connectivity index (χ1n) is 5.59. The van der Waals surface area contributed by atoms with Crippen molar-refractivity contribution < 1.29 is 4.79 Å². The van der Waals surface area contributed by atoms with Crippen molar-refractivity contribution in [3.05, 3.63) is 0 Å². The van der Waals surface area contributed by atoms with Gasteiger partial charge in [-0.05, 0) is 0 Å². The van der Waals surface area contributed by atoms with Gasteiger partial charge in [-0.3, -0.25) is 4.79 Å². The van der Waals surface area contributed by atoms with E-state index in [1.54, 1.807) is 0 Å². The second-order valence-corrected chi connectivity index (χ2v) is 6.56. The summed E-state index contributed by atoms with van der Waals surface area (Å²) in [6.45, 7) is 3.96. The minimum absolute atomic E-state index is 0.217. The highest BCUT2D eigenvalue weighted by Crippen LogP contribution is 2.27. The molecular weight excluding hydrogens is 270 g/mol. The van der Waals surface area contributed by atoms with Crippen molar-refractivity contribution in [1.82, 2.24) is 15.5 Å². The summed E-state index contributed by atoms with van der Waals surface area (Å²) in [6.07, 6.45) is 0. The number of amides is 1. The number of aromatic nitrogens is 2. The molecule has 0 aliphatic carbocycles. The Balaban J connectivity index is 2.53. The van der Waals surface area contributed by atoms with Gasteiger partial charge in [-0.15, -0.1) is 10.2 Å². The highest BCUT2D eigenvalue weighted by atomic mass is 32.2. The topological polar surface area (TPSA) is 84.1 Å². The van der Waals surface area contributed by atoms with E-state index in [1.807, 2.05) is 32.8 Å². The molecule has 3 N–H and O–H groups in total. The lowest BCUT2D eigenvalue weighted by atomic mass is 10.3. The van der Waals surface area contributed by atoms with Crippen LogP contribution in [0.3, 0.4) is 0 Å². The van der Waals surface area contributed by atoms with Gasteiger partial charge in [0.1, 0.15) is 0 Å². The molecule has 1 heterocycles. The summed E-state index contributed by atoms with van der Waals surface area (Å²) < 4.78 is 0.843. The number of primary amides is 1. The molecule has 1 amide bonds. The molecule has 6 nitrogen and oxygen atoms in total. The van der Waals surface area contributed by atoms with Gasteiger partial charge in [0.25, 0.3) is 0 Å². The maximum absolute atomic E-state index is 11.3. The van der Waals surface area contributed by atoms with Crippen LogP contribution in [0, 0.1) is 0 Å². The van der Waals surface area contributed by atoms with E-state index in [2.05, 4.69) is 15.5 Å². The average molecular weight is 289 g/mol. The van der Waals surface area contributed by atoms with Crippen LogP contribution in [0.2, 0.25) is 0 Å². The van der Waals surface area contributed by atoms with E-state index in [0.717, 1.165) is 9.47 Å². The molecule has 0 fully saturated rings. The van der Waals surface area contributed by atoms with Gasteiger partial charge >= 0.3 is 0 Å². The molecule has 0 aliphatic rings. The summed E-state index contributed by atoms with van der Waals surface area (Å²) in [5.41, 5.74) is 5.35. The van der Waals surface area contributed by atoms with Crippen LogP contribution in [-0.4, -0.2) is 48.0 Å². The largest absolute Gasteiger partial charge is 0.368 e. The van der Waals surface area contributed by atoms with Crippen LogP contribution in [0.15, 0.2) is 4.34 Å². The number of thioether (sulfide) groups is 1. The Morgan fingerprint density at radius 3 is 2.61 bits per heavy atom. The number of rotatable bonds is 7. The molecule has 0 aromatic carbocycles. The van der Waals surface area contributed by atoms with E-state index in [0.29, 0.717) is 5.75 Å². The number of anilines is 1. The number of carbonyl (C=O) groups is 1. The van der Waals surface area contributed by atoms with Crippen molar-refractivity contribution in [3.63, 3.8) is 0 Å². The van der Waals surface area contributed by atoms with Crippen molar-refractivity contribution in [2.45, 2.75) is 30.3 Å². The molecule has 0 bridgehead atoms. The molecule has 1 unspecified atom stereocenters. The van der Waals surface area contributed by atoms with E-state index < -0.39 is 0 Å². The van der Waals surface area contributed by atoms with Crippen LogP contribution in [0.5, 0.6) is 0 Å². The average Bonchev–Trinajstić information content (AvgIpc) is 2.72. The van der Waals surface area contributed by atoms with Crippen molar-refractivity contribution in [2.24, 2.45) is 5.73 Å². The molecule has 0 aliphatic heterocycles. The number of nitrogens with two attached hydrogens (primary N) is 1. The van der Waals surface area contributed by atoms with Crippen LogP contribution < -0.4 is 16.0 Å². The molecule has 1 aromatic heterocycles. The highest BCUT2D eigenvalue weighted by molar-refractivity contribution is 8.01. The first kappa shape index (κ1) is 15.2. The zero-order valence-corrected chi connectivity index (χ0v) is 12.6. The zero-order chi connectivity index (χ0) is 13.7. The number of nitrogens with zero attached hydrogens (tertiary/aromatic N) is 3. The Labute approximate surface area is 115 Å². The van der Waals surface area contributed by atoms with Gasteiger partial charge in [-0.25, -0.2) is 0 Å². The van der Waals surface area contributed by atoms with Gasteiger partial charge in [0.2, 0.25) is 11.0 Å². The predicted molar refractivity (Wildman–Crippen MR) is 76.2 cm³/mol. The fourth-order valence-electron chi connectivity index (χ4n) is 1.21. The maximum atomic E-state index is 11.3. The maximum Gasteiger partial charge on any atom is 0.235 e. The quantitative estimate of drug-likeness (QED) is 0.713. The van der Waals surface area contributed by atoms with E-state index in [9.17, 15) is 4.79 Å². The number of hydrogen-bond donors (Lipinski definition) is 2. The van der Waals surface area contributed by atoms with Crippen LogP contribution in [0.1, 0.15) is 13.8 Å². The summed E-state index contributed by atoms with van der Waals surface area (Å²) in [4.78, 5) is 13.2. The molecule has 1 aromatic rings. The van der Waals surface area contributed by atoms with Gasteiger partial charge in [0.05, 0.1) is 6.04 Å². The normalized spacial score (nSPS) is 12.7. The van der Waals surface area contributed by atoms with Crippen LogP contribution in [0.4, 0.5) is 5.13 Å². The van der Waals surface area contributed by atoms with Crippen molar-refractivity contribution in [1.29, 1.82) is 0 Å². The van der Waals surface area contributed by atoms with Gasteiger partial charge in [0.15, 0.2) is 4.34 Å². The summed E-state index contributed by atoms with van der Waals surface area (Å²) in [5, 5.41) is 12.1. The molecule has 102 valence electrons. The van der Waals surface area contributed by atoms with E-state index >= 15 is 0 Å². The Kier molecular flexibility index (Phi) is 5.83. The first-order chi connectivity index (χ1) is 8.40. The van der Waals surface area contributed by atoms with Crippen LogP contribution >= 0.6 is 23.1 Å². The zero-order valence-electron chi connectivity index (χ0n) is 11.0. The highest BCUT2D eigenvalue weighted by Gasteiger charge is 2.17. The molecule has 1 rings (SSSR count). The third kappa shape index (κ3) is 4.79. The minimum Gasteiger partial charge on any atom is -0.368 e. The van der Waals surface area contributed by atoms with Gasteiger partial charge < -0.3 is 16.0 Å². The van der Waals surface area contributed by atoms with Gasteiger partial charge in [-0.1, -0.05) is 36.9 Å². The fourth-order valence-corrected chi connectivity index (χ4v) is 3.04. The third-order valence-electron chi connectivity index (χ3n) is 2.03. The lowest BCUT2D eigenvalue weighted by Gasteiger charge is -2.16. The van der Waals surface area contributed by atoms with Crippen molar-refractivity contribution in [2.75, 3.05) is 24.7 Å². The van der Waals surface area contributed by atoms with E-state index in [1.165, 1.54) is 23.1 Å². The summed E-state index contributed by atoms with van der Waals surface area (Å²) >= 11 is 2.99. The fraction of sp³-hybridized carbons (Fsp3) is 0.700. The third-order valence-corrected chi connectivity index (χ3v) is 4.35. The van der Waals surface area contributed by atoms with E-state index in [4.69, 9.17) is 5.73 Å². The molecule has 0 radical (unpaired) electrons. The molecular formula is C10H19N5OS2. The molecule has 18 heavy (non-hydrogen) atoms. The second kappa shape index (κ2) is 6.91.